The normalized spacial score (nSPS) is 28.3. The molecule has 0 unspecified atom stereocenters. The van der Waals surface area contributed by atoms with Crippen molar-refractivity contribution < 1.29 is 0 Å². The molecule has 0 bridgehead atoms. The van der Waals surface area contributed by atoms with Gasteiger partial charge in [-0.1, -0.05) is 33.6 Å². The minimum Gasteiger partial charge on any atom is -0.300 e. The van der Waals surface area contributed by atoms with E-state index in [0.717, 1.165) is 12.0 Å². The van der Waals surface area contributed by atoms with Gasteiger partial charge < -0.3 is 4.90 Å². The first-order chi connectivity index (χ1) is 6.79. The molecule has 0 saturated heterocycles. The summed E-state index contributed by atoms with van der Waals surface area (Å²) in [4.78, 5) is 2.74. The molecule has 0 aliphatic heterocycles. The summed E-state index contributed by atoms with van der Waals surface area (Å²) >= 11 is 0. The topological polar surface area (TPSA) is 3.24 Å². The molecule has 1 saturated carbocycles. The van der Waals surface area contributed by atoms with Crippen molar-refractivity contribution in [2.24, 2.45) is 5.92 Å². The highest BCUT2D eigenvalue weighted by molar-refractivity contribution is 4.80. The summed E-state index contributed by atoms with van der Waals surface area (Å²) in [5.74, 6) is 0.932. The van der Waals surface area contributed by atoms with Crippen LogP contribution in [-0.2, 0) is 0 Å². The molecule has 2 atom stereocenters. The zero-order valence-electron chi connectivity index (χ0n) is 10.3. The molecule has 1 nitrogen and oxygen atoms in total. The maximum Gasteiger partial charge on any atom is 0.0121 e. The van der Waals surface area contributed by atoms with Crippen LogP contribution < -0.4 is 0 Å². The van der Waals surface area contributed by atoms with E-state index in [1.54, 1.807) is 0 Å². The Balaban J connectivity index is 2.46. The predicted molar refractivity (Wildman–Crippen MR) is 63.6 cm³/mol. The van der Waals surface area contributed by atoms with Gasteiger partial charge in [0.25, 0.3) is 0 Å². The van der Waals surface area contributed by atoms with Gasteiger partial charge in [0, 0.05) is 6.04 Å². The Morgan fingerprint density at radius 1 is 1.00 bits per heavy atom. The van der Waals surface area contributed by atoms with Crippen LogP contribution in [0.15, 0.2) is 0 Å². The minimum absolute atomic E-state index is 0.892. The largest absolute Gasteiger partial charge is 0.300 e. The van der Waals surface area contributed by atoms with Gasteiger partial charge in [0.1, 0.15) is 0 Å². The molecule has 0 radical (unpaired) electrons. The Bertz CT molecular complexity index is 138. The molecule has 1 heteroatoms. The van der Waals surface area contributed by atoms with Gasteiger partial charge >= 0.3 is 0 Å². The molecule has 0 amide bonds. The van der Waals surface area contributed by atoms with Gasteiger partial charge in [-0.15, -0.1) is 0 Å². The molecule has 0 aromatic heterocycles. The highest BCUT2D eigenvalue weighted by atomic mass is 15.2. The third-order valence-corrected chi connectivity index (χ3v) is 3.56. The van der Waals surface area contributed by atoms with E-state index in [2.05, 4.69) is 25.7 Å². The molecule has 0 aromatic rings. The average molecular weight is 197 g/mol. The minimum atomic E-state index is 0.892. The Hall–Kier alpha value is -0.0400. The lowest BCUT2D eigenvalue weighted by atomic mass is 9.84. The highest BCUT2D eigenvalue weighted by Crippen LogP contribution is 2.28. The summed E-state index contributed by atoms with van der Waals surface area (Å²) in [6, 6.07) is 0.892. The lowest BCUT2D eigenvalue weighted by Gasteiger charge is -2.38. The Morgan fingerprint density at radius 3 is 2.07 bits per heavy atom. The third-order valence-electron chi connectivity index (χ3n) is 3.56. The van der Waals surface area contributed by atoms with Gasteiger partial charge in [0.15, 0.2) is 0 Å². The standard InChI is InChI=1S/C13H27N/c1-4-10-14(11-5-2)13-9-7-6-8-12(13)3/h12-13H,4-11H2,1-3H3/t12-,13+/m1/s1. The van der Waals surface area contributed by atoms with Crippen LogP contribution in [0.5, 0.6) is 0 Å². The molecule has 84 valence electrons. The van der Waals surface area contributed by atoms with Gasteiger partial charge in [-0.25, -0.2) is 0 Å². The summed E-state index contributed by atoms with van der Waals surface area (Å²) in [6.07, 6.45) is 8.44. The van der Waals surface area contributed by atoms with Crippen LogP contribution in [0.4, 0.5) is 0 Å². The molecule has 0 heterocycles. The van der Waals surface area contributed by atoms with Crippen molar-refractivity contribution in [1.29, 1.82) is 0 Å². The fourth-order valence-corrected chi connectivity index (χ4v) is 2.86. The van der Waals surface area contributed by atoms with Crippen molar-refractivity contribution in [3.63, 3.8) is 0 Å². The zero-order valence-corrected chi connectivity index (χ0v) is 10.3. The Morgan fingerprint density at radius 2 is 1.57 bits per heavy atom. The lowest BCUT2D eigenvalue weighted by molar-refractivity contribution is 0.112. The van der Waals surface area contributed by atoms with Crippen LogP contribution in [0, 0.1) is 5.92 Å². The Kier molecular flexibility index (Phi) is 5.54. The van der Waals surface area contributed by atoms with E-state index in [-0.39, 0.29) is 0 Å². The van der Waals surface area contributed by atoms with E-state index in [1.807, 2.05) is 0 Å². The smallest absolute Gasteiger partial charge is 0.0121 e. The van der Waals surface area contributed by atoms with Crippen molar-refractivity contribution in [3.05, 3.63) is 0 Å². The number of hydrogen-bond acceptors (Lipinski definition) is 1. The van der Waals surface area contributed by atoms with Gasteiger partial charge in [0.05, 0.1) is 0 Å². The van der Waals surface area contributed by atoms with Crippen molar-refractivity contribution in [2.45, 2.75) is 65.3 Å². The lowest BCUT2D eigenvalue weighted by Crippen LogP contribution is -2.42. The summed E-state index contributed by atoms with van der Waals surface area (Å²) in [6.45, 7) is 9.67. The van der Waals surface area contributed by atoms with E-state index in [1.165, 1.54) is 51.6 Å². The van der Waals surface area contributed by atoms with Gasteiger partial charge in [0.2, 0.25) is 0 Å². The van der Waals surface area contributed by atoms with Gasteiger partial charge in [-0.05, 0) is 44.7 Å². The molecule has 0 N–H and O–H groups in total. The SMILES string of the molecule is CCCN(CCC)[C@H]1CCCC[C@H]1C. The van der Waals surface area contributed by atoms with Crippen LogP contribution in [-0.4, -0.2) is 24.0 Å². The fourth-order valence-electron chi connectivity index (χ4n) is 2.86. The molecular formula is C13H27N. The van der Waals surface area contributed by atoms with E-state index in [0.29, 0.717) is 0 Å². The third kappa shape index (κ3) is 3.27. The first-order valence-electron chi connectivity index (χ1n) is 6.53. The zero-order chi connectivity index (χ0) is 10.4. The maximum atomic E-state index is 2.74. The summed E-state index contributed by atoms with van der Waals surface area (Å²) in [5.41, 5.74) is 0. The molecule has 14 heavy (non-hydrogen) atoms. The molecule has 1 fully saturated rings. The molecule has 1 aliphatic carbocycles. The van der Waals surface area contributed by atoms with E-state index in [9.17, 15) is 0 Å². The average Bonchev–Trinajstić information content (AvgIpc) is 2.18. The van der Waals surface area contributed by atoms with Gasteiger partial charge in [-0.2, -0.15) is 0 Å². The van der Waals surface area contributed by atoms with Crippen molar-refractivity contribution in [3.8, 4) is 0 Å². The van der Waals surface area contributed by atoms with E-state index in [4.69, 9.17) is 0 Å². The molecule has 0 spiro atoms. The van der Waals surface area contributed by atoms with Crippen LogP contribution in [0.3, 0.4) is 0 Å². The van der Waals surface area contributed by atoms with Gasteiger partial charge in [-0.3, -0.25) is 0 Å². The predicted octanol–water partition coefficient (Wildman–Crippen LogP) is 3.69. The van der Waals surface area contributed by atoms with Crippen LogP contribution >= 0.6 is 0 Å². The molecular weight excluding hydrogens is 170 g/mol. The first-order valence-corrected chi connectivity index (χ1v) is 6.53. The van der Waals surface area contributed by atoms with Crippen LogP contribution in [0.25, 0.3) is 0 Å². The highest BCUT2D eigenvalue weighted by Gasteiger charge is 2.25. The summed E-state index contributed by atoms with van der Waals surface area (Å²) < 4.78 is 0. The maximum absolute atomic E-state index is 2.74. The quantitative estimate of drug-likeness (QED) is 0.650. The molecule has 0 aromatic carbocycles. The van der Waals surface area contributed by atoms with E-state index >= 15 is 0 Å². The second kappa shape index (κ2) is 6.44. The van der Waals surface area contributed by atoms with Crippen molar-refractivity contribution in [1.82, 2.24) is 4.90 Å². The molecule has 1 rings (SSSR count). The van der Waals surface area contributed by atoms with Crippen molar-refractivity contribution in [2.75, 3.05) is 13.1 Å². The number of rotatable bonds is 5. The van der Waals surface area contributed by atoms with E-state index < -0.39 is 0 Å². The fraction of sp³-hybridized carbons (Fsp3) is 1.00. The monoisotopic (exact) mass is 197 g/mol. The summed E-state index contributed by atoms with van der Waals surface area (Å²) in [5, 5.41) is 0. The van der Waals surface area contributed by atoms with Crippen LogP contribution in [0.2, 0.25) is 0 Å². The van der Waals surface area contributed by atoms with Crippen molar-refractivity contribution >= 4 is 0 Å². The number of nitrogens with zero attached hydrogens (tertiary/aromatic N) is 1. The summed E-state index contributed by atoms with van der Waals surface area (Å²) in [7, 11) is 0. The first kappa shape index (κ1) is 12.0. The molecule has 1 aliphatic rings. The second-order valence-corrected chi connectivity index (χ2v) is 4.87. The second-order valence-electron chi connectivity index (χ2n) is 4.87. The Labute approximate surface area is 89.9 Å². The van der Waals surface area contributed by atoms with Crippen LogP contribution in [0.1, 0.15) is 59.3 Å². The number of hydrogen-bond donors (Lipinski definition) is 0.